The number of hydrogen-bond donors (Lipinski definition) is 2. The lowest BCUT2D eigenvalue weighted by Crippen LogP contribution is -2.40. The van der Waals surface area contributed by atoms with E-state index in [0.717, 1.165) is 35.1 Å². The lowest BCUT2D eigenvalue weighted by molar-refractivity contribution is 0.211. The van der Waals surface area contributed by atoms with Gasteiger partial charge in [0.15, 0.2) is 0 Å². The first-order chi connectivity index (χ1) is 18.8. The molecule has 1 fully saturated rings. The van der Waals surface area contributed by atoms with E-state index in [4.69, 9.17) is 9.98 Å². The number of hydrogen-bond acceptors (Lipinski definition) is 4. The van der Waals surface area contributed by atoms with E-state index in [9.17, 15) is 10.2 Å². The summed E-state index contributed by atoms with van der Waals surface area (Å²) < 4.78 is 0. The van der Waals surface area contributed by atoms with Crippen LogP contribution in [0.4, 0.5) is 0 Å². The largest absolute Gasteiger partial charge is 0.507 e. The first-order valence-corrected chi connectivity index (χ1v) is 15.6. The van der Waals surface area contributed by atoms with Crippen LogP contribution in [0.25, 0.3) is 0 Å². The molecule has 2 unspecified atom stereocenters. The number of nitrogens with zero attached hydrogens (tertiary/aromatic N) is 2. The molecule has 1 saturated carbocycles. The maximum atomic E-state index is 11.3. The van der Waals surface area contributed by atoms with Crippen LogP contribution in [0.15, 0.2) is 34.3 Å². The summed E-state index contributed by atoms with van der Waals surface area (Å²) in [6.45, 7) is 32.8. The third kappa shape index (κ3) is 6.79. The predicted molar refractivity (Wildman–Crippen MR) is 181 cm³/mol. The van der Waals surface area contributed by atoms with E-state index >= 15 is 0 Å². The summed E-state index contributed by atoms with van der Waals surface area (Å²) >= 11 is 0. The highest BCUT2D eigenvalue weighted by Gasteiger charge is 2.51. The molecule has 0 radical (unpaired) electrons. The van der Waals surface area contributed by atoms with E-state index in [0.29, 0.717) is 11.5 Å². The van der Waals surface area contributed by atoms with E-state index in [2.05, 4.69) is 128 Å². The minimum absolute atomic E-state index is 0.0427. The molecule has 0 aliphatic heterocycles. The molecule has 1 aliphatic carbocycles. The highest BCUT2D eigenvalue weighted by molar-refractivity contribution is 5.86. The summed E-state index contributed by atoms with van der Waals surface area (Å²) in [6, 6.07) is 8.52. The Hall–Kier alpha value is -2.62. The van der Waals surface area contributed by atoms with E-state index in [1.165, 1.54) is 11.1 Å². The van der Waals surface area contributed by atoms with Crippen molar-refractivity contribution in [3.05, 3.63) is 57.6 Å². The van der Waals surface area contributed by atoms with Gasteiger partial charge in [-0.3, -0.25) is 9.98 Å². The molecule has 0 aromatic heterocycles. The first-order valence-electron chi connectivity index (χ1n) is 15.6. The fourth-order valence-corrected chi connectivity index (χ4v) is 5.85. The second kappa shape index (κ2) is 10.8. The molecule has 0 bridgehead atoms. The van der Waals surface area contributed by atoms with E-state index in [-0.39, 0.29) is 38.7 Å². The molecule has 232 valence electrons. The zero-order chi connectivity index (χ0) is 32.3. The molecular formula is C38H58N2O2. The number of phenolic OH excluding ortho intramolecular Hbond substituents is 2. The molecule has 0 amide bonds. The van der Waals surface area contributed by atoms with Crippen LogP contribution >= 0.6 is 0 Å². The van der Waals surface area contributed by atoms with Crippen molar-refractivity contribution >= 4 is 12.4 Å². The fraction of sp³-hybridized carbons (Fsp3) is 0.632. The summed E-state index contributed by atoms with van der Waals surface area (Å²) in [5.74, 6) is 0.636. The number of aliphatic imine (C=N–C) groups is 2. The van der Waals surface area contributed by atoms with Gasteiger partial charge in [0.25, 0.3) is 0 Å². The van der Waals surface area contributed by atoms with Crippen molar-refractivity contribution in [3.63, 3.8) is 0 Å². The van der Waals surface area contributed by atoms with Gasteiger partial charge >= 0.3 is 0 Å². The summed E-state index contributed by atoms with van der Waals surface area (Å²) in [5.41, 5.74) is 4.79. The van der Waals surface area contributed by atoms with Crippen molar-refractivity contribution in [3.8, 4) is 11.5 Å². The number of benzene rings is 2. The average Bonchev–Trinajstić information content (AvgIpc) is 3.03. The minimum Gasteiger partial charge on any atom is -0.507 e. The normalized spacial score (nSPS) is 22.0. The van der Waals surface area contributed by atoms with Gasteiger partial charge in [0, 0.05) is 40.1 Å². The maximum Gasteiger partial charge on any atom is 0.128 e. The Balaban J connectivity index is 2.01. The second-order valence-corrected chi connectivity index (χ2v) is 17.5. The third-order valence-electron chi connectivity index (χ3n) is 9.63. The quantitative estimate of drug-likeness (QED) is 0.357. The molecule has 0 saturated heterocycles. The Bertz CT molecular complexity index is 1370. The standard InChI is InChI=1S/C38H58N2O2/c1-33(2,3)26-18-24(31(41)28(20-26)35(7,8)9)22-39-30-16-17-38(15,37(30,13)14)40-23-25-19-27(34(4,5)6)21-29(32(25)42)36(10,11)12/h18-23,30,41-42H,16-17H2,1-15H3. The summed E-state index contributed by atoms with van der Waals surface area (Å²) in [4.78, 5) is 10.3. The smallest absolute Gasteiger partial charge is 0.128 e. The molecule has 0 heterocycles. The van der Waals surface area contributed by atoms with Gasteiger partial charge in [-0.2, -0.15) is 0 Å². The lowest BCUT2D eigenvalue weighted by atomic mass is 9.74. The lowest BCUT2D eigenvalue weighted by Gasteiger charge is -2.37. The summed E-state index contributed by atoms with van der Waals surface area (Å²) in [5, 5.41) is 22.6. The Morgan fingerprint density at radius 1 is 0.643 bits per heavy atom. The summed E-state index contributed by atoms with van der Waals surface area (Å²) in [7, 11) is 0. The Kier molecular flexibility index (Phi) is 8.73. The molecule has 2 atom stereocenters. The van der Waals surface area contributed by atoms with Gasteiger partial charge in [0.05, 0.1) is 11.6 Å². The number of rotatable bonds is 4. The Morgan fingerprint density at radius 3 is 1.43 bits per heavy atom. The molecule has 0 spiro atoms. The molecule has 2 aromatic carbocycles. The highest BCUT2D eigenvalue weighted by atomic mass is 16.3. The van der Waals surface area contributed by atoms with Crippen LogP contribution in [-0.2, 0) is 21.7 Å². The molecule has 2 N–H and O–H groups in total. The molecule has 4 heteroatoms. The van der Waals surface area contributed by atoms with Crippen LogP contribution in [0.5, 0.6) is 11.5 Å². The Labute approximate surface area is 256 Å². The van der Waals surface area contributed by atoms with E-state index < -0.39 is 0 Å². The molecule has 4 nitrogen and oxygen atoms in total. The van der Waals surface area contributed by atoms with Gasteiger partial charge in [-0.05, 0) is 64.7 Å². The van der Waals surface area contributed by atoms with Gasteiger partial charge in [0.1, 0.15) is 11.5 Å². The summed E-state index contributed by atoms with van der Waals surface area (Å²) in [6.07, 6.45) is 5.58. The Morgan fingerprint density at radius 2 is 1.05 bits per heavy atom. The van der Waals surface area contributed by atoms with Crippen molar-refractivity contribution in [2.75, 3.05) is 0 Å². The fourth-order valence-electron chi connectivity index (χ4n) is 5.85. The van der Waals surface area contributed by atoms with Crippen molar-refractivity contribution in [2.24, 2.45) is 15.4 Å². The highest BCUT2D eigenvalue weighted by Crippen LogP contribution is 2.50. The van der Waals surface area contributed by atoms with Gasteiger partial charge in [-0.15, -0.1) is 0 Å². The third-order valence-corrected chi connectivity index (χ3v) is 9.63. The molecule has 1 aliphatic rings. The SMILES string of the molecule is CC(C)(C)c1cc(C=NC2CCC(C)(N=Cc3cc(C(C)(C)C)cc(C(C)(C)C)c3O)C2(C)C)c(O)c(C(C)(C)C)c1. The van der Waals surface area contributed by atoms with E-state index in [1.807, 2.05) is 12.4 Å². The van der Waals surface area contributed by atoms with Gasteiger partial charge < -0.3 is 10.2 Å². The van der Waals surface area contributed by atoms with Crippen LogP contribution < -0.4 is 0 Å². The van der Waals surface area contributed by atoms with Crippen LogP contribution in [0.3, 0.4) is 0 Å². The van der Waals surface area contributed by atoms with Crippen LogP contribution in [0.1, 0.15) is 150 Å². The van der Waals surface area contributed by atoms with Crippen LogP contribution in [-0.4, -0.2) is 34.2 Å². The van der Waals surface area contributed by atoms with Gasteiger partial charge in [-0.25, -0.2) is 0 Å². The second-order valence-electron chi connectivity index (χ2n) is 17.5. The molecule has 2 aromatic rings. The molecular weight excluding hydrogens is 516 g/mol. The zero-order valence-corrected chi connectivity index (χ0v) is 29.2. The minimum atomic E-state index is -0.354. The van der Waals surface area contributed by atoms with Crippen molar-refractivity contribution < 1.29 is 10.2 Å². The number of aromatic hydroxyl groups is 2. The van der Waals surface area contributed by atoms with E-state index in [1.54, 1.807) is 0 Å². The van der Waals surface area contributed by atoms with Crippen LogP contribution in [0.2, 0.25) is 0 Å². The number of phenols is 2. The maximum absolute atomic E-state index is 11.3. The molecule has 3 rings (SSSR count). The van der Waals surface area contributed by atoms with Gasteiger partial charge in [0.2, 0.25) is 0 Å². The van der Waals surface area contributed by atoms with Crippen LogP contribution in [0, 0.1) is 5.41 Å². The first kappa shape index (κ1) is 33.9. The predicted octanol–water partition coefficient (Wildman–Crippen LogP) is 9.77. The van der Waals surface area contributed by atoms with Crippen molar-refractivity contribution in [1.82, 2.24) is 0 Å². The topological polar surface area (TPSA) is 65.2 Å². The van der Waals surface area contributed by atoms with Crippen molar-refractivity contribution in [1.29, 1.82) is 0 Å². The molecule has 42 heavy (non-hydrogen) atoms. The average molecular weight is 575 g/mol. The van der Waals surface area contributed by atoms with Crippen molar-refractivity contribution in [2.45, 2.75) is 150 Å². The van der Waals surface area contributed by atoms with Gasteiger partial charge in [-0.1, -0.05) is 109 Å². The monoisotopic (exact) mass is 574 g/mol. The zero-order valence-electron chi connectivity index (χ0n) is 29.2.